The first kappa shape index (κ1) is 22.6. The van der Waals surface area contributed by atoms with Gasteiger partial charge in [0.1, 0.15) is 11.5 Å². The molecule has 158 valence electrons. The molecule has 0 radical (unpaired) electrons. The van der Waals surface area contributed by atoms with Crippen LogP contribution >= 0.6 is 7.60 Å². The van der Waals surface area contributed by atoms with Crippen LogP contribution in [0.15, 0.2) is 84.9 Å². The van der Waals surface area contributed by atoms with Crippen LogP contribution in [0.3, 0.4) is 0 Å². The van der Waals surface area contributed by atoms with Gasteiger partial charge in [-0.05, 0) is 74.3 Å². The van der Waals surface area contributed by atoms with Crippen molar-refractivity contribution in [2.75, 3.05) is 0 Å². The van der Waals surface area contributed by atoms with E-state index in [0.717, 1.165) is 5.19 Å². The highest BCUT2D eigenvalue weighted by Crippen LogP contribution is 2.47. The fourth-order valence-corrected chi connectivity index (χ4v) is 12.4. The minimum atomic E-state index is -3.65. The van der Waals surface area contributed by atoms with Crippen molar-refractivity contribution < 1.29 is 17.7 Å². The first-order valence-corrected chi connectivity index (χ1v) is 17.8. The monoisotopic (exact) mass is 456 g/mol. The lowest BCUT2D eigenvalue weighted by molar-refractivity contribution is 0.399. The van der Waals surface area contributed by atoms with E-state index in [2.05, 4.69) is 32.7 Å². The first-order valence-electron chi connectivity index (χ1n) is 9.98. The second-order valence-electron chi connectivity index (χ2n) is 8.58. The van der Waals surface area contributed by atoms with Crippen LogP contribution in [0.25, 0.3) is 0 Å². The van der Waals surface area contributed by atoms with Gasteiger partial charge in [-0.3, -0.25) is 0 Å². The summed E-state index contributed by atoms with van der Waals surface area (Å²) in [6.45, 7) is 11.0. The minimum absolute atomic E-state index is 0.498. The van der Waals surface area contributed by atoms with E-state index in [-0.39, 0.29) is 0 Å². The maximum absolute atomic E-state index is 13.9. The highest BCUT2D eigenvalue weighted by molar-refractivity contribution is 7.63. The zero-order chi connectivity index (χ0) is 21.8. The second-order valence-corrected chi connectivity index (χ2v) is 19.1. The van der Waals surface area contributed by atoms with Gasteiger partial charge in [-0.2, -0.15) is 0 Å². The van der Waals surface area contributed by atoms with E-state index in [9.17, 15) is 4.57 Å². The van der Waals surface area contributed by atoms with Crippen LogP contribution in [0.1, 0.15) is 0 Å². The molecule has 0 saturated heterocycles. The van der Waals surface area contributed by atoms with Crippen molar-refractivity contribution >= 4 is 34.7 Å². The third kappa shape index (κ3) is 5.95. The molecule has 0 bridgehead atoms. The minimum Gasteiger partial charge on any atom is -0.452 e. The Kier molecular flexibility index (Phi) is 6.73. The van der Waals surface area contributed by atoms with Gasteiger partial charge in [0.05, 0.1) is 5.30 Å². The Labute approximate surface area is 181 Å². The molecule has 0 aliphatic heterocycles. The van der Waals surface area contributed by atoms with Gasteiger partial charge >= 0.3 is 7.60 Å². The predicted octanol–water partition coefficient (Wildman–Crippen LogP) is 5.93. The number of para-hydroxylation sites is 2. The molecular weight excluding hydrogens is 427 g/mol. The fraction of sp³-hybridized carbons (Fsp3) is 0.217. The molecule has 4 nitrogen and oxygen atoms in total. The molecule has 0 amide bonds. The van der Waals surface area contributed by atoms with Crippen molar-refractivity contribution in [1.29, 1.82) is 0 Å². The third-order valence-corrected chi connectivity index (χ3v) is 12.4. The molecular formula is C23H29O4PSi2. The number of hydrogen-bond donors (Lipinski definition) is 0. The van der Waals surface area contributed by atoms with Gasteiger partial charge in [0, 0.05) is 0 Å². The number of rotatable bonds is 8. The van der Waals surface area contributed by atoms with Crippen molar-refractivity contribution in [2.24, 2.45) is 0 Å². The van der Waals surface area contributed by atoms with E-state index >= 15 is 0 Å². The van der Waals surface area contributed by atoms with E-state index in [1.807, 2.05) is 60.7 Å². The fourth-order valence-electron chi connectivity index (χ4n) is 3.23. The van der Waals surface area contributed by atoms with Crippen LogP contribution in [0.2, 0.25) is 32.7 Å². The maximum atomic E-state index is 13.9. The topological polar surface area (TPSA) is 44.8 Å². The van der Waals surface area contributed by atoms with E-state index in [0.29, 0.717) is 16.8 Å². The van der Waals surface area contributed by atoms with E-state index in [4.69, 9.17) is 13.2 Å². The van der Waals surface area contributed by atoms with Crippen LogP contribution < -0.4 is 19.5 Å². The zero-order valence-electron chi connectivity index (χ0n) is 18.2. The van der Waals surface area contributed by atoms with Crippen molar-refractivity contribution in [2.45, 2.75) is 32.7 Å². The summed E-state index contributed by atoms with van der Waals surface area (Å²) in [7, 11) is -7.37. The van der Waals surface area contributed by atoms with Gasteiger partial charge in [-0.1, -0.05) is 48.5 Å². The summed E-state index contributed by atoms with van der Waals surface area (Å²) in [5.74, 6) is 0.996. The standard InChI is InChI=1S/C23H29O4PSi2/c1-29(2,3)27-30(4,5)23-18-16-22(17-19-23)28(24,25-20-12-8-6-9-13-20)26-21-14-10-7-11-15-21/h6-19H,1-5H3. The Hall–Kier alpha value is -2.12. The quantitative estimate of drug-likeness (QED) is 0.311. The van der Waals surface area contributed by atoms with Gasteiger partial charge in [-0.15, -0.1) is 0 Å². The molecule has 0 spiro atoms. The molecule has 7 heteroatoms. The SMILES string of the molecule is C[Si](C)(C)O[Si](C)(C)c1ccc(P(=O)(Oc2ccccc2)Oc2ccccc2)cc1. The lowest BCUT2D eigenvalue weighted by Crippen LogP contribution is -2.51. The number of hydrogen-bond acceptors (Lipinski definition) is 4. The Morgan fingerprint density at radius 2 is 1.07 bits per heavy atom. The van der Waals surface area contributed by atoms with Crippen LogP contribution in [0.4, 0.5) is 0 Å². The van der Waals surface area contributed by atoms with Crippen LogP contribution in [-0.4, -0.2) is 16.6 Å². The normalized spacial score (nSPS) is 12.4. The largest absolute Gasteiger partial charge is 0.462 e. The van der Waals surface area contributed by atoms with E-state index < -0.39 is 24.2 Å². The molecule has 3 rings (SSSR count). The Morgan fingerprint density at radius 3 is 1.47 bits per heavy atom. The molecule has 0 atom stereocenters. The highest BCUT2D eigenvalue weighted by Gasteiger charge is 2.34. The molecule has 0 unspecified atom stereocenters. The number of benzene rings is 3. The lowest BCUT2D eigenvalue weighted by atomic mass is 10.3. The van der Waals surface area contributed by atoms with Crippen LogP contribution in [0.5, 0.6) is 11.5 Å². The van der Waals surface area contributed by atoms with Gasteiger partial charge in [0.2, 0.25) is 8.32 Å². The highest BCUT2D eigenvalue weighted by atomic mass is 31.2. The van der Waals surface area contributed by atoms with E-state index in [1.54, 1.807) is 24.3 Å². The average Bonchev–Trinajstić information content (AvgIpc) is 2.68. The van der Waals surface area contributed by atoms with Gasteiger partial charge in [0.25, 0.3) is 0 Å². The van der Waals surface area contributed by atoms with Crippen molar-refractivity contribution in [3.8, 4) is 11.5 Å². The Balaban J connectivity index is 1.94. The van der Waals surface area contributed by atoms with Gasteiger partial charge in [-0.25, -0.2) is 4.57 Å². The maximum Gasteiger partial charge on any atom is 0.462 e. The Morgan fingerprint density at radius 1 is 0.633 bits per heavy atom. The summed E-state index contributed by atoms with van der Waals surface area (Å²) < 4.78 is 32.2. The summed E-state index contributed by atoms with van der Waals surface area (Å²) in [5, 5.41) is 1.66. The van der Waals surface area contributed by atoms with E-state index in [1.165, 1.54) is 0 Å². The molecule has 0 aliphatic rings. The predicted molar refractivity (Wildman–Crippen MR) is 129 cm³/mol. The molecule has 30 heavy (non-hydrogen) atoms. The molecule has 0 fully saturated rings. The molecule has 0 aromatic heterocycles. The summed E-state index contributed by atoms with van der Waals surface area (Å²) in [5.41, 5.74) is 0. The summed E-state index contributed by atoms with van der Waals surface area (Å²) in [6, 6.07) is 25.9. The lowest BCUT2D eigenvalue weighted by Gasteiger charge is -2.32. The smallest absolute Gasteiger partial charge is 0.452 e. The molecule has 0 saturated carbocycles. The molecule has 0 N–H and O–H groups in total. The molecule has 3 aromatic rings. The Bertz CT molecular complexity index is 955. The molecule has 0 heterocycles. The first-order chi connectivity index (χ1) is 14.1. The summed E-state index contributed by atoms with van der Waals surface area (Å²) in [4.78, 5) is 0. The van der Waals surface area contributed by atoms with Gasteiger partial charge < -0.3 is 13.2 Å². The van der Waals surface area contributed by atoms with Gasteiger partial charge in [0.15, 0.2) is 8.32 Å². The van der Waals surface area contributed by atoms with Crippen LogP contribution in [0, 0.1) is 0 Å². The second kappa shape index (κ2) is 8.94. The van der Waals surface area contributed by atoms with Crippen molar-refractivity contribution in [3.05, 3.63) is 84.9 Å². The zero-order valence-corrected chi connectivity index (χ0v) is 21.1. The average molecular weight is 457 g/mol. The third-order valence-electron chi connectivity index (χ3n) is 4.38. The van der Waals surface area contributed by atoms with Crippen molar-refractivity contribution in [3.63, 3.8) is 0 Å². The van der Waals surface area contributed by atoms with Crippen LogP contribution in [-0.2, 0) is 8.68 Å². The summed E-state index contributed by atoms with van der Waals surface area (Å²) in [6.07, 6.45) is 0. The summed E-state index contributed by atoms with van der Waals surface area (Å²) >= 11 is 0. The molecule has 3 aromatic carbocycles. The molecule has 0 aliphatic carbocycles. The van der Waals surface area contributed by atoms with Crippen molar-refractivity contribution in [1.82, 2.24) is 0 Å².